The van der Waals surface area contributed by atoms with Crippen LogP contribution in [0.5, 0.6) is 0 Å². The topological polar surface area (TPSA) is 64.6 Å². The summed E-state index contributed by atoms with van der Waals surface area (Å²) >= 11 is 0. The van der Waals surface area contributed by atoms with Crippen molar-refractivity contribution in [3.05, 3.63) is 41.7 Å². The normalized spacial score (nSPS) is 17.8. The minimum absolute atomic E-state index is 0.196. The molecule has 0 radical (unpaired) electrons. The summed E-state index contributed by atoms with van der Waals surface area (Å²) in [6.45, 7) is 8.03. The van der Waals surface area contributed by atoms with Crippen molar-refractivity contribution in [3.8, 4) is 0 Å². The van der Waals surface area contributed by atoms with Crippen LogP contribution in [-0.2, 0) is 0 Å². The molecule has 148 valence electrons. The molecule has 1 aromatic carbocycles. The monoisotopic (exact) mass is 380 g/mol. The molecule has 0 saturated carbocycles. The van der Waals surface area contributed by atoms with Gasteiger partial charge in [0.2, 0.25) is 5.95 Å². The molecule has 3 heterocycles. The molecular weight excluding hydrogens is 352 g/mol. The van der Waals surface area contributed by atoms with E-state index in [0.29, 0.717) is 11.6 Å². The van der Waals surface area contributed by atoms with E-state index < -0.39 is 0 Å². The Hall–Kier alpha value is -2.67. The Kier molecular flexibility index (Phi) is 5.43. The van der Waals surface area contributed by atoms with E-state index in [0.717, 1.165) is 63.5 Å². The largest absolute Gasteiger partial charge is 0.369 e. The predicted octanol–water partition coefficient (Wildman–Crippen LogP) is 2.39. The van der Waals surface area contributed by atoms with Crippen LogP contribution in [0, 0.1) is 6.92 Å². The first-order valence-corrected chi connectivity index (χ1v) is 10.0. The van der Waals surface area contributed by atoms with Gasteiger partial charge in [0.25, 0.3) is 5.91 Å². The molecule has 1 N–H and O–H groups in total. The number of carbonyl (C=O) groups is 1. The van der Waals surface area contributed by atoms with Gasteiger partial charge in [-0.15, -0.1) is 0 Å². The molecule has 2 saturated heterocycles. The fourth-order valence-electron chi connectivity index (χ4n) is 3.74. The fraction of sp³-hybridized carbons (Fsp3) is 0.476. The van der Waals surface area contributed by atoms with E-state index in [1.54, 1.807) is 6.07 Å². The number of nitrogens with one attached hydrogen (secondary N) is 1. The van der Waals surface area contributed by atoms with Gasteiger partial charge in [-0.2, -0.15) is 0 Å². The number of nitrogens with zero attached hydrogens (tertiary/aromatic N) is 5. The van der Waals surface area contributed by atoms with E-state index in [9.17, 15) is 4.79 Å². The Bertz CT molecular complexity index is 823. The highest BCUT2D eigenvalue weighted by molar-refractivity contribution is 6.03. The standard InChI is InChI=1S/C21H28N6O/c1-16-15-19(24-21(22-16)27-9-3-4-10-27)20(28)23-17-5-7-18(8-6-17)26-13-11-25(2)12-14-26/h5-8,15H,3-4,9-14H2,1-2H3,(H,23,28). The van der Waals surface area contributed by atoms with Crippen LogP contribution in [0.4, 0.5) is 17.3 Å². The maximum atomic E-state index is 12.7. The molecule has 2 aliphatic heterocycles. The smallest absolute Gasteiger partial charge is 0.274 e. The van der Waals surface area contributed by atoms with E-state index in [-0.39, 0.29) is 5.91 Å². The number of hydrogen-bond donors (Lipinski definition) is 1. The van der Waals surface area contributed by atoms with Gasteiger partial charge in [0.1, 0.15) is 5.69 Å². The zero-order valence-corrected chi connectivity index (χ0v) is 16.7. The second-order valence-electron chi connectivity index (χ2n) is 7.68. The zero-order chi connectivity index (χ0) is 19.5. The molecule has 4 rings (SSSR count). The number of likely N-dealkylation sites (N-methyl/N-ethyl adjacent to an activating group) is 1. The molecule has 28 heavy (non-hydrogen) atoms. The van der Waals surface area contributed by atoms with Crippen LogP contribution in [0.1, 0.15) is 29.0 Å². The number of rotatable bonds is 4. The van der Waals surface area contributed by atoms with E-state index in [4.69, 9.17) is 0 Å². The van der Waals surface area contributed by atoms with Crippen LogP contribution >= 0.6 is 0 Å². The number of aromatic nitrogens is 2. The second kappa shape index (κ2) is 8.14. The Morgan fingerprint density at radius 3 is 2.29 bits per heavy atom. The highest BCUT2D eigenvalue weighted by Gasteiger charge is 2.18. The number of anilines is 3. The van der Waals surface area contributed by atoms with Crippen molar-refractivity contribution < 1.29 is 4.79 Å². The maximum absolute atomic E-state index is 12.7. The van der Waals surface area contributed by atoms with E-state index >= 15 is 0 Å². The van der Waals surface area contributed by atoms with Crippen molar-refractivity contribution in [1.29, 1.82) is 0 Å². The summed E-state index contributed by atoms with van der Waals surface area (Å²) in [6.07, 6.45) is 2.30. The Morgan fingerprint density at radius 1 is 0.929 bits per heavy atom. The third-order valence-electron chi connectivity index (χ3n) is 5.46. The van der Waals surface area contributed by atoms with Crippen LogP contribution in [0.25, 0.3) is 0 Å². The molecule has 0 aliphatic carbocycles. The van der Waals surface area contributed by atoms with Gasteiger partial charge >= 0.3 is 0 Å². The Balaban J connectivity index is 1.43. The maximum Gasteiger partial charge on any atom is 0.274 e. The molecule has 7 nitrogen and oxygen atoms in total. The molecule has 1 amide bonds. The molecule has 2 aliphatic rings. The lowest BCUT2D eigenvalue weighted by molar-refractivity contribution is 0.102. The quantitative estimate of drug-likeness (QED) is 0.879. The van der Waals surface area contributed by atoms with E-state index in [1.165, 1.54) is 5.69 Å². The van der Waals surface area contributed by atoms with E-state index in [1.807, 2.05) is 19.1 Å². The van der Waals surface area contributed by atoms with Gasteiger partial charge < -0.3 is 20.0 Å². The van der Waals surface area contributed by atoms with Crippen molar-refractivity contribution in [2.24, 2.45) is 0 Å². The van der Waals surface area contributed by atoms with Crippen LogP contribution in [0.2, 0.25) is 0 Å². The van der Waals surface area contributed by atoms with Crippen LogP contribution in [0.3, 0.4) is 0 Å². The predicted molar refractivity (Wildman–Crippen MR) is 112 cm³/mol. The van der Waals surface area contributed by atoms with Crippen molar-refractivity contribution in [2.45, 2.75) is 19.8 Å². The van der Waals surface area contributed by atoms with Gasteiger partial charge in [-0.05, 0) is 57.1 Å². The van der Waals surface area contributed by atoms with Crippen molar-refractivity contribution in [1.82, 2.24) is 14.9 Å². The third-order valence-corrected chi connectivity index (χ3v) is 5.46. The lowest BCUT2D eigenvalue weighted by Crippen LogP contribution is -2.44. The van der Waals surface area contributed by atoms with Gasteiger partial charge in [0, 0.05) is 56.3 Å². The first kappa shape index (κ1) is 18.7. The Labute approximate surface area is 166 Å². The fourth-order valence-corrected chi connectivity index (χ4v) is 3.74. The molecule has 0 atom stereocenters. The average Bonchev–Trinajstić information content (AvgIpc) is 3.24. The van der Waals surface area contributed by atoms with Gasteiger partial charge in [-0.25, -0.2) is 9.97 Å². The molecule has 0 spiro atoms. The molecule has 0 bridgehead atoms. The molecule has 0 unspecified atom stereocenters. The van der Waals surface area contributed by atoms with Crippen LogP contribution in [0.15, 0.2) is 30.3 Å². The van der Waals surface area contributed by atoms with Crippen molar-refractivity contribution >= 4 is 23.2 Å². The lowest BCUT2D eigenvalue weighted by Gasteiger charge is -2.34. The van der Waals surface area contributed by atoms with Crippen LogP contribution in [-0.4, -0.2) is 67.1 Å². The minimum atomic E-state index is -0.196. The first-order valence-electron chi connectivity index (χ1n) is 10.0. The highest BCUT2D eigenvalue weighted by Crippen LogP contribution is 2.21. The van der Waals surface area contributed by atoms with Crippen molar-refractivity contribution in [2.75, 3.05) is 61.4 Å². The molecular formula is C21H28N6O. The minimum Gasteiger partial charge on any atom is -0.369 e. The van der Waals surface area contributed by atoms with E-state index in [2.05, 4.69) is 49.2 Å². The van der Waals surface area contributed by atoms with Gasteiger partial charge in [0.15, 0.2) is 0 Å². The Morgan fingerprint density at radius 2 is 1.61 bits per heavy atom. The zero-order valence-electron chi connectivity index (χ0n) is 16.7. The summed E-state index contributed by atoms with van der Waals surface area (Å²) in [5.41, 5.74) is 3.20. The van der Waals surface area contributed by atoms with Crippen LogP contribution < -0.4 is 15.1 Å². The number of carbonyl (C=O) groups excluding carboxylic acids is 1. The molecule has 2 fully saturated rings. The molecule has 7 heteroatoms. The molecule has 1 aromatic heterocycles. The summed E-state index contributed by atoms with van der Waals surface area (Å²) in [5, 5.41) is 2.97. The summed E-state index contributed by atoms with van der Waals surface area (Å²) in [5.74, 6) is 0.464. The number of amides is 1. The number of piperazine rings is 1. The van der Waals surface area contributed by atoms with Gasteiger partial charge in [0.05, 0.1) is 0 Å². The number of aryl methyl sites for hydroxylation is 1. The first-order chi connectivity index (χ1) is 13.6. The van der Waals surface area contributed by atoms with Gasteiger partial charge in [-0.1, -0.05) is 0 Å². The van der Waals surface area contributed by atoms with Crippen molar-refractivity contribution in [3.63, 3.8) is 0 Å². The highest BCUT2D eigenvalue weighted by atomic mass is 16.1. The van der Waals surface area contributed by atoms with Gasteiger partial charge in [-0.3, -0.25) is 4.79 Å². The summed E-state index contributed by atoms with van der Waals surface area (Å²) in [7, 11) is 2.15. The number of benzene rings is 1. The lowest BCUT2D eigenvalue weighted by atomic mass is 10.2. The third kappa shape index (κ3) is 4.25. The second-order valence-corrected chi connectivity index (χ2v) is 7.68. The SMILES string of the molecule is Cc1cc(C(=O)Nc2ccc(N3CCN(C)CC3)cc2)nc(N2CCCC2)n1. The number of hydrogen-bond acceptors (Lipinski definition) is 6. The summed E-state index contributed by atoms with van der Waals surface area (Å²) in [6, 6.07) is 9.80. The summed E-state index contributed by atoms with van der Waals surface area (Å²) in [4.78, 5) is 28.6. The summed E-state index contributed by atoms with van der Waals surface area (Å²) < 4.78 is 0. The molecule has 2 aromatic rings. The average molecular weight is 380 g/mol.